The molecule has 0 bridgehead atoms. The number of hydrogen-bond donors (Lipinski definition) is 1. The fourth-order valence-electron chi connectivity index (χ4n) is 1.16. The Balaban J connectivity index is 3.90. The van der Waals surface area contributed by atoms with E-state index < -0.39 is 9.53 Å². The third-order valence-corrected chi connectivity index (χ3v) is 4.22. The topological polar surface area (TPSA) is 27.7 Å². The zero-order valence-electron chi connectivity index (χ0n) is 11.1. The fourth-order valence-corrected chi connectivity index (χ4v) is 3.17. The summed E-state index contributed by atoms with van der Waals surface area (Å²) in [6.45, 7) is 10.8. The van der Waals surface area contributed by atoms with Crippen molar-refractivity contribution in [1.29, 1.82) is 0 Å². The SMILES string of the molecule is CCCC(S)CO[SiH](OC(C)C)OC(C)C. The van der Waals surface area contributed by atoms with E-state index in [1.165, 1.54) is 0 Å². The van der Waals surface area contributed by atoms with Crippen LogP contribution >= 0.6 is 12.6 Å². The van der Waals surface area contributed by atoms with Gasteiger partial charge in [0, 0.05) is 24.1 Å². The fraction of sp³-hybridized carbons (Fsp3) is 1.00. The lowest BCUT2D eigenvalue weighted by Gasteiger charge is -2.22. The molecule has 98 valence electrons. The van der Waals surface area contributed by atoms with Crippen LogP contribution in [0.15, 0.2) is 0 Å². The van der Waals surface area contributed by atoms with Crippen LogP contribution in [0, 0.1) is 0 Å². The molecule has 0 saturated carbocycles. The minimum Gasteiger partial charge on any atom is -0.375 e. The first-order chi connectivity index (χ1) is 7.45. The molecule has 0 fully saturated rings. The van der Waals surface area contributed by atoms with E-state index in [1.807, 2.05) is 27.7 Å². The van der Waals surface area contributed by atoms with E-state index in [4.69, 9.17) is 13.3 Å². The second-order valence-corrected chi connectivity index (χ2v) is 6.62. The normalized spacial score (nSPS) is 14.1. The summed E-state index contributed by atoms with van der Waals surface area (Å²) in [5.41, 5.74) is 0. The molecule has 0 heterocycles. The van der Waals surface area contributed by atoms with Crippen molar-refractivity contribution in [3.8, 4) is 0 Å². The maximum atomic E-state index is 5.70. The molecule has 0 aromatic rings. The Hall–Kier alpha value is 0.447. The van der Waals surface area contributed by atoms with Crippen molar-refractivity contribution in [3.63, 3.8) is 0 Å². The predicted octanol–water partition coefficient (Wildman–Crippen LogP) is 2.67. The molecule has 0 saturated heterocycles. The maximum absolute atomic E-state index is 5.70. The van der Waals surface area contributed by atoms with Crippen molar-refractivity contribution in [3.05, 3.63) is 0 Å². The van der Waals surface area contributed by atoms with E-state index in [-0.39, 0.29) is 17.5 Å². The van der Waals surface area contributed by atoms with Gasteiger partial charge in [0.15, 0.2) is 0 Å². The molecular weight excluding hydrogens is 240 g/mol. The molecule has 3 nitrogen and oxygen atoms in total. The molecule has 0 spiro atoms. The molecule has 5 heteroatoms. The third kappa shape index (κ3) is 9.66. The van der Waals surface area contributed by atoms with E-state index in [9.17, 15) is 0 Å². The van der Waals surface area contributed by atoms with Crippen LogP contribution in [0.3, 0.4) is 0 Å². The minimum absolute atomic E-state index is 0.153. The lowest BCUT2D eigenvalue weighted by Crippen LogP contribution is -2.34. The summed E-state index contributed by atoms with van der Waals surface area (Å²) in [7, 11) is -1.98. The van der Waals surface area contributed by atoms with Crippen LogP contribution in [0.1, 0.15) is 47.5 Å². The van der Waals surface area contributed by atoms with Crippen molar-refractivity contribution in [2.24, 2.45) is 0 Å². The van der Waals surface area contributed by atoms with Gasteiger partial charge in [-0.25, -0.2) is 0 Å². The van der Waals surface area contributed by atoms with Gasteiger partial charge in [-0.3, -0.25) is 0 Å². The summed E-state index contributed by atoms with van der Waals surface area (Å²) in [5, 5.41) is 0.284. The van der Waals surface area contributed by atoms with Gasteiger partial charge in [0.05, 0.1) is 0 Å². The molecule has 1 unspecified atom stereocenters. The van der Waals surface area contributed by atoms with E-state index in [1.54, 1.807) is 0 Å². The monoisotopic (exact) mass is 266 g/mol. The average Bonchev–Trinajstić information content (AvgIpc) is 2.13. The van der Waals surface area contributed by atoms with Crippen LogP contribution in [-0.4, -0.2) is 33.6 Å². The highest BCUT2D eigenvalue weighted by molar-refractivity contribution is 7.81. The van der Waals surface area contributed by atoms with Gasteiger partial charge in [0.2, 0.25) is 0 Å². The second kappa shape index (κ2) is 9.47. The molecule has 16 heavy (non-hydrogen) atoms. The Morgan fingerprint density at radius 2 is 1.56 bits per heavy atom. The Labute approximate surface area is 107 Å². The van der Waals surface area contributed by atoms with Crippen LogP contribution in [-0.2, 0) is 13.3 Å². The standard InChI is InChI=1S/C11H26O3SSi/c1-6-7-11(15)8-12-16(13-9(2)3)14-10(4)5/h9-11,15-16H,6-8H2,1-5H3. The van der Waals surface area contributed by atoms with Crippen LogP contribution in [0.25, 0.3) is 0 Å². The molecule has 1 atom stereocenters. The van der Waals surface area contributed by atoms with E-state index in [0.29, 0.717) is 6.61 Å². The van der Waals surface area contributed by atoms with Crippen LogP contribution < -0.4 is 0 Å². The minimum atomic E-state index is -1.98. The molecule has 0 amide bonds. The highest BCUT2D eigenvalue weighted by Gasteiger charge is 2.20. The van der Waals surface area contributed by atoms with Gasteiger partial charge in [0.25, 0.3) is 0 Å². The summed E-state index contributed by atoms with van der Waals surface area (Å²) in [4.78, 5) is 0. The first-order valence-electron chi connectivity index (χ1n) is 6.06. The van der Waals surface area contributed by atoms with Crippen molar-refractivity contribution in [2.75, 3.05) is 6.61 Å². The van der Waals surface area contributed by atoms with Crippen LogP contribution in [0.4, 0.5) is 0 Å². The summed E-state index contributed by atoms with van der Waals surface area (Å²) >= 11 is 4.45. The Bertz CT molecular complexity index is 157. The zero-order valence-corrected chi connectivity index (χ0v) is 13.2. The Morgan fingerprint density at radius 1 is 1.06 bits per heavy atom. The molecule has 0 rings (SSSR count). The zero-order chi connectivity index (χ0) is 12.6. The lowest BCUT2D eigenvalue weighted by atomic mass is 10.3. The van der Waals surface area contributed by atoms with E-state index in [2.05, 4.69) is 19.6 Å². The molecule has 0 aliphatic rings. The molecule has 0 aliphatic carbocycles. The summed E-state index contributed by atoms with van der Waals surface area (Å²) in [6, 6.07) is 0. The Morgan fingerprint density at radius 3 is 1.94 bits per heavy atom. The molecule has 0 radical (unpaired) electrons. The van der Waals surface area contributed by atoms with Gasteiger partial charge in [-0.2, -0.15) is 12.6 Å². The quantitative estimate of drug-likeness (QED) is 0.513. The highest BCUT2D eigenvalue weighted by atomic mass is 32.1. The van der Waals surface area contributed by atoms with Gasteiger partial charge in [-0.05, 0) is 34.1 Å². The Kier molecular flexibility index (Phi) is 9.74. The van der Waals surface area contributed by atoms with Gasteiger partial charge < -0.3 is 13.3 Å². The van der Waals surface area contributed by atoms with E-state index in [0.717, 1.165) is 12.8 Å². The highest BCUT2D eigenvalue weighted by Crippen LogP contribution is 2.08. The van der Waals surface area contributed by atoms with Gasteiger partial charge in [0.1, 0.15) is 0 Å². The maximum Gasteiger partial charge on any atom is 0.484 e. The van der Waals surface area contributed by atoms with Crippen molar-refractivity contribution in [1.82, 2.24) is 0 Å². The molecular formula is C11H26O3SSi. The van der Waals surface area contributed by atoms with Gasteiger partial charge in [-0.15, -0.1) is 0 Å². The van der Waals surface area contributed by atoms with Gasteiger partial charge >= 0.3 is 9.53 Å². The van der Waals surface area contributed by atoms with Crippen molar-refractivity contribution >= 4 is 22.2 Å². The van der Waals surface area contributed by atoms with E-state index >= 15 is 0 Å². The third-order valence-electron chi connectivity index (χ3n) is 1.81. The predicted molar refractivity (Wildman–Crippen MR) is 73.2 cm³/mol. The van der Waals surface area contributed by atoms with Gasteiger partial charge in [-0.1, -0.05) is 13.3 Å². The van der Waals surface area contributed by atoms with Crippen molar-refractivity contribution in [2.45, 2.75) is 64.9 Å². The molecule has 0 N–H and O–H groups in total. The first kappa shape index (κ1) is 16.4. The van der Waals surface area contributed by atoms with Crippen LogP contribution in [0.5, 0.6) is 0 Å². The second-order valence-electron chi connectivity index (χ2n) is 4.43. The van der Waals surface area contributed by atoms with Crippen molar-refractivity contribution < 1.29 is 13.3 Å². The molecule has 0 aromatic heterocycles. The smallest absolute Gasteiger partial charge is 0.375 e. The summed E-state index contributed by atoms with van der Waals surface area (Å²) in [5.74, 6) is 0. The summed E-state index contributed by atoms with van der Waals surface area (Å²) < 4.78 is 17.0. The number of hydrogen-bond acceptors (Lipinski definition) is 4. The first-order valence-corrected chi connectivity index (χ1v) is 7.99. The largest absolute Gasteiger partial charge is 0.484 e. The summed E-state index contributed by atoms with van der Waals surface area (Å²) in [6.07, 6.45) is 2.49. The molecule has 0 aliphatic heterocycles. The lowest BCUT2D eigenvalue weighted by molar-refractivity contribution is 0.0504. The number of rotatable bonds is 9. The average molecular weight is 266 g/mol. The molecule has 0 aromatic carbocycles. The number of thiol groups is 1. The van der Waals surface area contributed by atoms with Crippen LogP contribution in [0.2, 0.25) is 0 Å².